The molecule has 5 nitrogen and oxygen atoms in total. The SMILES string of the molecule is Cc1ccc(/C(O)=C2\C(=O)C(=O)N(c3ccc(C#N)cc3)C2c2ccccc2C)cc1C. The van der Waals surface area contributed by atoms with E-state index in [2.05, 4.69) is 6.07 Å². The number of aliphatic hydroxyl groups is 1. The summed E-state index contributed by atoms with van der Waals surface area (Å²) in [5.41, 5.74) is 5.16. The van der Waals surface area contributed by atoms with E-state index in [4.69, 9.17) is 5.26 Å². The summed E-state index contributed by atoms with van der Waals surface area (Å²) in [4.78, 5) is 27.8. The van der Waals surface area contributed by atoms with Gasteiger partial charge in [0.05, 0.1) is 23.2 Å². The van der Waals surface area contributed by atoms with Crippen molar-refractivity contribution in [3.8, 4) is 6.07 Å². The topological polar surface area (TPSA) is 81.4 Å². The number of benzene rings is 3. The Bertz CT molecular complexity index is 1310. The van der Waals surface area contributed by atoms with E-state index in [-0.39, 0.29) is 11.3 Å². The number of anilines is 1. The summed E-state index contributed by atoms with van der Waals surface area (Å²) >= 11 is 0. The predicted octanol–water partition coefficient (Wildman–Crippen LogP) is 5.11. The summed E-state index contributed by atoms with van der Waals surface area (Å²) in [6, 6.07) is 20.7. The molecule has 1 heterocycles. The molecule has 0 radical (unpaired) electrons. The van der Waals surface area contributed by atoms with Crippen LogP contribution in [0.15, 0.2) is 72.3 Å². The van der Waals surface area contributed by atoms with Crippen LogP contribution >= 0.6 is 0 Å². The number of rotatable bonds is 3. The van der Waals surface area contributed by atoms with Crippen LogP contribution < -0.4 is 4.90 Å². The number of ketones is 1. The van der Waals surface area contributed by atoms with Gasteiger partial charge in [0, 0.05) is 11.3 Å². The van der Waals surface area contributed by atoms with Crippen LogP contribution in [0.4, 0.5) is 5.69 Å². The summed E-state index contributed by atoms with van der Waals surface area (Å²) in [7, 11) is 0. The molecule has 3 aromatic carbocycles. The predicted molar refractivity (Wildman–Crippen MR) is 123 cm³/mol. The molecule has 0 bridgehead atoms. The van der Waals surface area contributed by atoms with Crippen molar-refractivity contribution in [2.45, 2.75) is 26.8 Å². The van der Waals surface area contributed by atoms with Crippen LogP contribution in [0.3, 0.4) is 0 Å². The highest BCUT2D eigenvalue weighted by Crippen LogP contribution is 2.43. The van der Waals surface area contributed by atoms with Crippen molar-refractivity contribution in [3.05, 3.63) is 106 Å². The fraction of sp³-hybridized carbons (Fsp3) is 0.148. The van der Waals surface area contributed by atoms with Gasteiger partial charge < -0.3 is 5.11 Å². The lowest BCUT2D eigenvalue weighted by Gasteiger charge is -2.26. The van der Waals surface area contributed by atoms with Gasteiger partial charge >= 0.3 is 0 Å². The number of hydrogen-bond donors (Lipinski definition) is 1. The number of nitriles is 1. The second kappa shape index (κ2) is 8.16. The van der Waals surface area contributed by atoms with Gasteiger partial charge in [-0.25, -0.2) is 0 Å². The summed E-state index contributed by atoms with van der Waals surface area (Å²) < 4.78 is 0. The molecule has 1 saturated heterocycles. The number of aryl methyl sites for hydroxylation is 3. The maximum Gasteiger partial charge on any atom is 0.300 e. The van der Waals surface area contributed by atoms with Gasteiger partial charge in [0.15, 0.2) is 0 Å². The van der Waals surface area contributed by atoms with E-state index in [1.165, 1.54) is 4.90 Å². The fourth-order valence-electron chi connectivity index (χ4n) is 4.03. The van der Waals surface area contributed by atoms with E-state index in [0.29, 0.717) is 16.8 Å². The Kier molecular flexibility index (Phi) is 5.38. The molecular weight excluding hydrogens is 400 g/mol. The van der Waals surface area contributed by atoms with Crippen molar-refractivity contribution in [3.63, 3.8) is 0 Å². The zero-order chi connectivity index (χ0) is 23.0. The number of carbonyl (C=O) groups excluding carboxylic acids is 2. The molecule has 0 aromatic heterocycles. The highest BCUT2D eigenvalue weighted by molar-refractivity contribution is 6.51. The number of nitrogens with zero attached hydrogens (tertiary/aromatic N) is 2. The van der Waals surface area contributed by atoms with E-state index >= 15 is 0 Å². The maximum atomic E-state index is 13.2. The summed E-state index contributed by atoms with van der Waals surface area (Å²) in [5, 5.41) is 20.3. The molecule has 4 rings (SSSR count). The minimum atomic E-state index is -0.786. The van der Waals surface area contributed by atoms with Gasteiger partial charge in [-0.15, -0.1) is 0 Å². The lowest BCUT2D eigenvalue weighted by Crippen LogP contribution is -2.29. The molecule has 158 valence electrons. The van der Waals surface area contributed by atoms with Crippen LogP contribution in [0.1, 0.15) is 39.4 Å². The first-order valence-corrected chi connectivity index (χ1v) is 10.3. The second-order valence-corrected chi connectivity index (χ2v) is 7.98. The molecule has 3 aromatic rings. The van der Waals surface area contributed by atoms with Gasteiger partial charge in [-0.05, 0) is 73.4 Å². The van der Waals surface area contributed by atoms with Gasteiger partial charge in [0.25, 0.3) is 11.7 Å². The molecule has 1 aliphatic rings. The Morgan fingerprint density at radius 1 is 0.906 bits per heavy atom. The zero-order valence-corrected chi connectivity index (χ0v) is 18.1. The average molecular weight is 422 g/mol. The van der Waals surface area contributed by atoms with Crippen molar-refractivity contribution in [2.75, 3.05) is 4.90 Å². The van der Waals surface area contributed by atoms with Gasteiger partial charge in [0.1, 0.15) is 5.76 Å². The Morgan fingerprint density at radius 3 is 2.22 bits per heavy atom. The van der Waals surface area contributed by atoms with Crippen LogP contribution in [0.5, 0.6) is 0 Å². The van der Waals surface area contributed by atoms with Crippen LogP contribution in [-0.2, 0) is 9.59 Å². The highest BCUT2D eigenvalue weighted by atomic mass is 16.3. The lowest BCUT2D eigenvalue weighted by atomic mass is 9.92. The molecule has 0 aliphatic carbocycles. The molecule has 1 aliphatic heterocycles. The van der Waals surface area contributed by atoms with Crippen LogP contribution in [0.2, 0.25) is 0 Å². The zero-order valence-electron chi connectivity index (χ0n) is 18.1. The molecule has 1 unspecified atom stereocenters. The molecule has 0 saturated carbocycles. The maximum absolute atomic E-state index is 13.2. The van der Waals surface area contributed by atoms with Crippen molar-refractivity contribution >= 4 is 23.1 Å². The van der Waals surface area contributed by atoms with E-state index in [9.17, 15) is 14.7 Å². The molecule has 1 fully saturated rings. The Balaban J connectivity index is 1.97. The second-order valence-electron chi connectivity index (χ2n) is 7.98. The Morgan fingerprint density at radius 2 is 1.59 bits per heavy atom. The third kappa shape index (κ3) is 3.46. The standard InChI is InChI=1S/C27H22N2O3/c1-16-8-11-20(14-18(16)3)25(30)23-24(22-7-5-4-6-17(22)2)29(27(32)26(23)31)21-12-9-19(15-28)10-13-21/h4-14,24,30H,1-3H3/b25-23+. The first-order valence-electron chi connectivity index (χ1n) is 10.3. The van der Waals surface area contributed by atoms with Crippen molar-refractivity contribution in [1.29, 1.82) is 5.26 Å². The van der Waals surface area contributed by atoms with E-state index in [1.807, 2.05) is 57.2 Å². The summed E-state index contributed by atoms with van der Waals surface area (Å²) in [6.07, 6.45) is 0. The third-order valence-electron chi connectivity index (χ3n) is 5.98. The van der Waals surface area contributed by atoms with E-state index in [0.717, 1.165) is 22.3 Å². The molecule has 1 N–H and O–H groups in total. The van der Waals surface area contributed by atoms with Crippen molar-refractivity contribution in [2.24, 2.45) is 0 Å². The summed E-state index contributed by atoms with van der Waals surface area (Å²) in [5.74, 6) is -1.65. The molecule has 5 heteroatoms. The van der Waals surface area contributed by atoms with Gasteiger partial charge in [-0.1, -0.05) is 36.4 Å². The largest absolute Gasteiger partial charge is 0.507 e. The van der Waals surface area contributed by atoms with E-state index in [1.54, 1.807) is 30.3 Å². The monoisotopic (exact) mass is 422 g/mol. The number of aliphatic hydroxyl groups excluding tert-OH is 1. The van der Waals surface area contributed by atoms with Crippen molar-refractivity contribution < 1.29 is 14.7 Å². The highest BCUT2D eigenvalue weighted by Gasteiger charge is 2.47. The van der Waals surface area contributed by atoms with Crippen LogP contribution in [-0.4, -0.2) is 16.8 Å². The first kappa shape index (κ1) is 21.1. The minimum Gasteiger partial charge on any atom is -0.507 e. The van der Waals surface area contributed by atoms with Gasteiger partial charge in [-0.3, -0.25) is 14.5 Å². The van der Waals surface area contributed by atoms with Gasteiger partial charge in [0.2, 0.25) is 0 Å². The average Bonchev–Trinajstić information content (AvgIpc) is 3.06. The molecule has 32 heavy (non-hydrogen) atoms. The first-order chi connectivity index (χ1) is 15.3. The smallest absolute Gasteiger partial charge is 0.300 e. The normalized spacial score (nSPS) is 17.4. The van der Waals surface area contributed by atoms with Crippen molar-refractivity contribution in [1.82, 2.24) is 0 Å². The number of hydrogen-bond acceptors (Lipinski definition) is 4. The Labute approximate surface area is 186 Å². The number of carbonyl (C=O) groups is 2. The van der Waals surface area contributed by atoms with Crippen LogP contribution in [0, 0.1) is 32.1 Å². The molecular formula is C27H22N2O3. The molecule has 1 atom stereocenters. The molecule has 0 spiro atoms. The summed E-state index contributed by atoms with van der Waals surface area (Å²) in [6.45, 7) is 5.81. The van der Waals surface area contributed by atoms with E-state index < -0.39 is 17.7 Å². The number of Topliss-reactive ketones (excluding diaryl/α,β-unsaturated/α-hetero) is 1. The quantitative estimate of drug-likeness (QED) is 0.361. The minimum absolute atomic E-state index is 0.0527. The molecule has 1 amide bonds. The van der Waals surface area contributed by atoms with Gasteiger partial charge in [-0.2, -0.15) is 5.26 Å². The lowest BCUT2D eigenvalue weighted by molar-refractivity contribution is -0.132. The Hall–Kier alpha value is -4.17. The fourth-order valence-corrected chi connectivity index (χ4v) is 4.03. The van der Waals surface area contributed by atoms with Crippen LogP contribution in [0.25, 0.3) is 5.76 Å². The third-order valence-corrected chi connectivity index (χ3v) is 5.98. The number of amides is 1.